The largest absolute Gasteiger partial charge is 0.380 e. The zero-order valence-corrected chi connectivity index (χ0v) is 11.7. The van der Waals surface area contributed by atoms with Crippen molar-refractivity contribution in [3.05, 3.63) is 29.8 Å². The highest BCUT2D eigenvalue weighted by Gasteiger charge is 2.07. The van der Waals surface area contributed by atoms with Crippen LogP contribution < -0.4 is 5.32 Å². The van der Waals surface area contributed by atoms with Gasteiger partial charge in [-0.25, -0.2) is 9.67 Å². The number of rotatable bonds is 5. The molecule has 2 aromatic heterocycles. The van der Waals surface area contributed by atoms with Crippen LogP contribution in [0.3, 0.4) is 0 Å². The van der Waals surface area contributed by atoms with Gasteiger partial charge in [0, 0.05) is 19.3 Å². The Labute approximate surface area is 112 Å². The van der Waals surface area contributed by atoms with Crippen molar-refractivity contribution in [2.45, 2.75) is 26.9 Å². The molecule has 1 unspecified atom stereocenters. The second kappa shape index (κ2) is 5.79. The number of hydrogen-bond acceptors (Lipinski definition) is 5. The molecule has 0 aliphatic rings. The van der Waals surface area contributed by atoms with Gasteiger partial charge in [0.2, 0.25) is 0 Å². The topological polar surface area (TPSA) is 64.9 Å². The Kier molecular flexibility index (Phi) is 4.11. The van der Waals surface area contributed by atoms with Crippen LogP contribution in [0.4, 0.5) is 5.82 Å². The molecular formula is C13H19N5O. The molecule has 19 heavy (non-hydrogen) atoms. The van der Waals surface area contributed by atoms with Crippen LogP contribution in [0.15, 0.2) is 18.5 Å². The second-order valence-electron chi connectivity index (χ2n) is 4.53. The van der Waals surface area contributed by atoms with E-state index in [4.69, 9.17) is 4.74 Å². The van der Waals surface area contributed by atoms with Gasteiger partial charge in [0.25, 0.3) is 0 Å². The van der Waals surface area contributed by atoms with Gasteiger partial charge in [-0.2, -0.15) is 5.10 Å². The van der Waals surface area contributed by atoms with Crippen LogP contribution in [-0.2, 0) is 4.74 Å². The van der Waals surface area contributed by atoms with Gasteiger partial charge >= 0.3 is 0 Å². The second-order valence-corrected chi connectivity index (χ2v) is 4.53. The summed E-state index contributed by atoms with van der Waals surface area (Å²) in [4.78, 5) is 8.68. The molecular weight excluding hydrogens is 242 g/mol. The molecule has 2 rings (SSSR count). The fourth-order valence-electron chi connectivity index (χ4n) is 1.74. The Morgan fingerprint density at radius 2 is 2.16 bits per heavy atom. The molecule has 1 N–H and O–H groups in total. The molecule has 0 aliphatic carbocycles. The van der Waals surface area contributed by atoms with E-state index in [1.165, 1.54) is 0 Å². The Hall–Kier alpha value is -1.95. The maximum Gasteiger partial charge on any atom is 0.174 e. The minimum Gasteiger partial charge on any atom is -0.380 e. The zero-order valence-electron chi connectivity index (χ0n) is 11.7. The van der Waals surface area contributed by atoms with Crippen molar-refractivity contribution in [1.29, 1.82) is 0 Å². The van der Waals surface area contributed by atoms with Crippen LogP contribution in [-0.4, -0.2) is 39.5 Å². The van der Waals surface area contributed by atoms with Crippen molar-refractivity contribution >= 4 is 5.82 Å². The molecule has 0 spiro atoms. The van der Waals surface area contributed by atoms with Crippen molar-refractivity contribution < 1.29 is 4.74 Å². The van der Waals surface area contributed by atoms with E-state index in [9.17, 15) is 0 Å². The van der Waals surface area contributed by atoms with E-state index in [-0.39, 0.29) is 6.10 Å². The standard InChI is InChI=1S/C13H19N5O/c1-9-5-10(2)18(17-9)13-8-14-7-12(16-13)15-6-11(3)19-4/h5,7-8,11H,6H2,1-4H3,(H,15,16). The van der Waals surface area contributed by atoms with E-state index < -0.39 is 0 Å². The molecule has 0 amide bonds. The third kappa shape index (κ3) is 3.29. The van der Waals surface area contributed by atoms with Gasteiger partial charge in [0.05, 0.1) is 24.2 Å². The zero-order chi connectivity index (χ0) is 13.8. The first kappa shape index (κ1) is 13.5. The molecule has 1 atom stereocenters. The first-order valence-electron chi connectivity index (χ1n) is 6.22. The molecule has 6 heteroatoms. The minimum absolute atomic E-state index is 0.124. The number of anilines is 1. The van der Waals surface area contributed by atoms with Gasteiger partial charge in [-0.15, -0.1) is 0 Å². The summed E-state index contributed by atoms with van der Waals surface area (Å²) in [6.07, 6.45) is 3.52. The van der Waals surface area contributed by atoms with Crippen LogP contribution in [0.1, 0.15) is 18.3 Å². The van der Waals surface area contributed by atoms with E-state index >= 15 is 0 Å². The third-order valence-electron chi connectivity index (χ3n) is 2.82. The molecule has 0 saturated heterocycles. The van der Waals surface area contributed by atoms with Gasteiger partial charge in [-0.3, -0.25) is 4.98 Å². The van der Waals surface area contributed by atoms with Crippen LogP contribution in [0.5, 0.6) is 0 Å². The van der Waals surface area contributed by atoms with Gasteiger partial charge in [0.15, 0.2) is 5.82 Å². The summed E-state index contributed by atoms with van der Waals surface area (Å²) in [6, 6.07) is 2.01. The van der Waals surface area contributed by atoms with Crippen molar-refractivity contribution in [3.8, 4) is 5.82 Å². The molecule has 0 aliphatic heterocycles. The highest BCUT2D eigenvalue weighted by molar-refractivity contribution is 5.36. The molecule has 0 aromatic carbocycles. The molecule has 0 fully saturated rings. The first-order valence-corrected chi connectivity index (χ1v) is 6.22. The number of aromatic nitrogens is 4. The Bertz CT molecular complexity index is 552. The fourth-order valence-corrected chi connectivity index (χ4v) is 1.74. The summed E-state index contributed by atoms with van der Waals surface area (Å²) >= 11 is 0. The number of aryl methyl sites for hydroxylation is 2. The molecule has 0 radical (unpaired) electrons. The molecule has 0 bridgehead atoms. The molecule has 2 aromatic rings. The van der Waals surface area contributed by atoms with Crippen molar-refractivity contribution in [3.63, 3.8) is 0 Å². The van der Waals surface area contributed by atoms with Gasteiger partial charge in [-0.1, -0.05) is 0 Å². The van der Waals surface area contributed by atoms with Gasteiger partial charge in [0.1, 0.15) is 5.82 Å². The number of nitrogens with one attached hydrogen (secondary N) is 1. The average molecular weight is 261 g/mol. The van der Waals surface area contributed by atoms with Gasteiger partial charge in [-0.05, 0) is 26.8 Å². The van der Waals surface area contributed by atoms with E-state index in [0.29, 0.717) is 18.2 Å². The Morgan fingerprint density at radius 3 is 2.79 bits per heavy atom. The summed E-state index contributed by atoms with van der Waals surface area (Å²) < 4.78 is 6.97. The fraction of sp³-hybridized carbons (Fsp3) is 0.462. The van der Waals surface area contributed by atoms with Crippen LogP contribution >= 0.6 is 0 Å². The molecule has 0 saturated carbocycles. The lowest BCUT2D eigenvalue weighted by Crippen LogP contribution is -2.19. The monoisotopic (exact) mass is 261 g/mol. The Balaban J connectivity index is 2.17. The summed E-state index contributed by atoms with van der Waals surface area (Å²) in [7, 11) is 1.68. The number of ether oxygens (including phenoxy) is 1. The van der Waals surface area contributed by atoms with Crippen LogP contribution in [0.2, 0.25) is 0 Å². The summed E-state index contributed by atoms with van der Waals surface area (Å²) in [5.41, 5.74) is 2.00. The predicted molar refractivity (Wildman–Crippen MR) is 73.6 cm³/mol. The SMILES string of the molecule is COC(C)CNc1cncc(-n2nc(C)cc2C)n1. The lowest BCUT2D eigenvalue weighted by atomic mass is 10.4. The number of nitrogens with zero attached hydrogens (tertiary/aromatic N) is 4. The number of methoxy groups -OCH3 is 1. The van der Waals surface area contributed by atoms with Crippen LogP contribution in [0.25, 0.3) is 5.82 Å². The van der Waals surface area contributed by atoms with Gasteiger partial charge < -0.3 is 10.1 Å². The van der Waals surface area contributed by atoms with E-state index in [1.807, 2.05) is 26.8 Å². The third-order valence-corrected chi connectivity index (χ3v) is 2.82. The maximum absolute atomic E-state index is 5.18. The maximum atomic E-state index is 5.18. The highest BCUT2D eigenvalue weighted by atomic mass is 16.5. The number of hydrogen-bond donors (Lipinski definition) is 1. The molecule has 102 valence electrons. The summed E-state index contributed by atoms with van der Waals surface area (Å²) in [5, 5.41) is 7.59. The summed E-state index contributed by atoms with van der Waals surface area (Å²) in [6.45, 7) is 6.63. The van der Waals surface area contributed by atoms with E-state index in [2.05, 4.69) is 20.4 Å². The first-order chi connectivity index (χ1) is 9.10. The highest BCUT2D eigenvalue weighted by Crippen LogP contribution is 2.11. The average Bonchev–Trinajstić information content (AvgIpc) is 2.75. The summed E-state index contributed by atoms with van der Waals surface area (Å²) in [5.74, 6) is 1.43. The molecule has 6 nitrogen and oxygen atoms in total. The van der Waals surface area contributed by atoms with E-state index in [1.54, 1.807) is 24.2 Å². The van der Waals surface area contributed by atoms with Crippen molar-refractivity contribution in [2.24, 2.45) is 0 Å². The smallest absolute Gasteiger partial charge is 0.174 e. The molecule has 2 heterocycles. The van der Waals surface area contributed by atoms with Crippen LogP contribution in [0, 0.1) is 13.8 Å². The minimum atomic E-state index is 0.124. The Morgan fingerprint density at radius 1 is 1.37 bits per heavy atom. The quantitative estimate of drug-likeness (QED) is 0.888. The lowest BCUT2D eigenvalue weighted by molar-refractivity contribution is 0.128. The van der Waals surface area contributed by atoms with E-state index in [0.717, 1.165) is 11.4 Å². The lowest BCUT2D eigenvalue weighted by Gasteiger charge is -2.11. The predicted octanol–water partition coefficient (Wildman–Crippen LogP) is 1.73. The normalized spacial score (nSPS) is 12.4. The van der Waals surface area contributed by atoms with Crippen molar-refractivity contribution in [2.75, 3.05) is 19.0 Å². The van der Waals surface area contributed by atoms with Crippen molar-refractivity contribution in [1.82, 2.24) is 19.7 Å².